The Morgan fingerprint density at radius 1 is 0.929 bits per heavy atom. The number of likely N-dealkylation sites (N-methyl/N-ethyl adjacent to an activating group) is 1. The minimum atomic E-state index is -3.31. The largest absolute Gasteiger partial charge is 0.463 e. The summed E-state index contributed by atoms with van der Waals surface area (Å²) in [6.07, 6.45) is 12.6. The number of hydrogen-bond acceptors (Lipinski definition) is 7. The second-order valence-electron chi connectivity index (χ2n) is 10.2. The highest BCUT2D eigenvalue weighted by molar-refractivity contribution is 7.89. The number of aliphatic imine (C=N–C) groups is 1. The van der Waals surface area contributed by atoms with Gasteiger partial charge in [-0.05, 0) is 48.8 Å². The Morgan fingerprint density at radius 2 is 1.62 bits per heavy atom. The van der Waals surface area contributed by atoms with Crippen LogP contribution in [0.2, 0.25) is 0 Å². The molecule has 0 bridgehead atoms. The Labute approximate surface area is 248 Å². The van der Waals surface area contributed by atoms with Crippen LogP contribution in [0, 0.1) is 0 Å². The van der Waals surface area contributed by atoms with Crippen LogP contribution < -0.4 is 14.3 Å². The van der Waals surface area contributed by atoms with Gasteiger partial charge in [0, 0.05) is 47.7 Å². The topological polar surface area (TPSA) is 121 Å². The number of nitrogens with zero attached hydrogens (tertiary/aromatic N) is 2. The highest BCUT2D eigenvalue weighted by Crippen LogP contribution is 2.36. The lowest BCUT2D eigenvalue weighted by Crippen LogP contribution is -2.35. The maximum Gasteiger partial charge on any atom is 0.209 e. The second-order valence-corrected chi connectivity index (χ2v) is 13.8. The van der Waals surface area contributed by atoms with Crippen molar-refractivity contribution in [2.75, 3.05) is 43.6 Å². The van der Waals surface area contributed by atoms with E-state index in [1.807, 2.05) is 74.5 Å². The molecule has 0 amide bonds. The van der Waals surface area contributed by atoms with E-state index in [2.05, 4.69) is 31.5 Å². The molecular weight excluding hydrogens is 572 g/mol. The van der Waals surface area contributed by atoms with Gasteiger partial charge < -0.3 is 9.32 Å². The van der Waals surface area contributed by atoms with Crippen LogP contribution in [0.3, 0.4) is 0 Å². The molecule has 1 heterocycles. The zero-order chi connectivity index (χ0) is 30.3. The Balaban J connectivity index is 1.65. The zero-order valence-electron chi connectivity index (χ0n) is 24.4. The van der Waals surface area contributed by atoms with Crippen molar-refractivity contribution in [1.82, 2.24) is 9.44 Å². The molecule has 11 heteroatoms. The minimum absolute atomic E-state index is 0.264. The number of sulfonamides is 2. The maximum atomic E-state index is 11.6. The molecule has 1 unspecified atom stereocenters. The van der Waals surface area contributed by atoms with Gasteiger partial charge in [0.05, 0.1) is 31.0 Å². The number of benzene rings is 2. The number of allylic oxidation sites excluding steroid dienone is 5. The van der Waals surface area contributed by atoms with Gasteiger partial charge >= 0.3 is 0 Å². The number of furan rings is 1. The first-order valence-corrected chi connectivity index (χ1v) is 17.6. The third kappa shape index (κ3) is 8.51. The SMILES string of the molecule is CCC(CN=C1C=CC(=C(c2ccc(N(CC)CCNS(C)(=O)=O)cc2)c2occ3ccccc23)C=C1)NS(C)(=O)=O. The first kappa shape index (κ1) is 31.4. The lowest BCUT2D eigenvalue weighted by atomic mass is 9.92. The molecule has 0 fully saturated rings. The maximum absolute atomic E-state index is 11.6. The molecule has 9 nitrogen and oxygen atoms in total. The van der Waals surface area contributed by atoms with Crippen molar-refractivity contribution < 1.29 is 21.3 Å². The molecule has 1 aliphatic carbocycles. The standard InChI is InChI=1S/C31H38N4O5S2/c1-5-26(34-42(4,38)39)21-32-27-15-11-23(12-16-27)30(31-29-10-8-7-9-25(29)22-40-31)24-13-17-28(18-14-24)35(6-2)20-19-33-41(3,36)37/h7-18,22,26,33-34H,5-6,19-21H2,1-4H3. The average molecular weight is 611 g/mol. The van der Waals surface area contributed by atoms with Crippen molar-refractivity contribution >= 4 is 47.8 Å². The summed E-state index contributed by atoms with van der Waals surface area (Å²) in [6, 6.07) is 15.9. The van der Waals surface area contributed by atoms with Crippen molar-refractivity contribution in [3.8, 4) is 0 Å². The molecule has 0 radical (unpaired) electrons. The van der Waals surface area contributed by atoms with Gasteiger partial charge in [0.2, 0.25) is 20.0 Å². The number of anilines is 1. The molecule has 42 heavy (non-hydrogen) atoms. The molecule has 0 saturated heterocycles. The van der Waals surface area contributed by atoms with E-state index in [0.29, 0.717) is 26.1 Å². The van der Waals surface area contributed by atoms with Gasteiger partial charge in [-0.1, -0.05) is 55.5 Å². The van der Waals surface area contributed by atoms with Crippen LogP contribution in [0.15, 0.2) is 94.1 Å². The van der Waals surface area contributed by atoms with Gasteiger partial charge in [0.25, 0.3) is 0 Å². The lowest BCUT2D eigenvalue weighted by molar-refractivity contribution is 0.548. The molecule has 2 N–H and O–H groups in total. The Morgan fingerprint density at radius 3 is 2.24 bits per heavy atom. The van der Waals surface area contributed by atoms with Crippen LogP contribution in [0.5, 0.6) is 0 Å². The van der Waals surface area contributed by atoms with E-state index >= 15 is 0 Å². The first-order chi connectivity index (χ1) is 20.0. The Kier molecular flexibility index (Phi) is 10.2. The van der Waals surface area contributed by atoms with Crippen molar-refractivity contribution in [3.63, 3.8) is 0 Å². The monoisotopic (exact) mass is 610 g/mol. The van der Waals surface area contributed by atoms with Crippen molar-refractivity contribution in [2.24, 2.45) is 4.99 Å². The molecule has 0 saturated carbocycles. The normalized spacial score (nSPS) is 14.4. The predicted molar refractivity (Wildman–Crippen MR) is 172 cm³/mol. The Bertz CT molecular complexity index is 1720. The van der Waals surface area contributed by atoms with Crippen LogP contribution in [-0.2, 0) is 20.0 Å². The molecule has 0 aliphatic heterocycles. The Hall–Kier alpha value is -3.51. The highest BCUT2D eigenvalue weighted by atomic mass is 32.2. The predicted octanol–water partition coefficient (Wildman–Crippen LogP) is 4.51. The summed E-state index contributed by atoms with van der Waals surface area (Å²) in [5.74, 6) is 0.760. The smallest absolute Gasteiger partial charge is 0.209 e. The summed E-state index contributed by atoms with van der Waals surface area (Å²) in [6.45, 7) is 5.91. The number of rotatable bonds is 13. The van der Waals surface area contributed by atoms with Crippen LogP contribution >= 0.6 is 0 Å². The fourth-order valence-corrected chi connectivity index (χ4v) is 6.10. The molecular formula is C31H38N4O5S2. The van der Waals surface area contributed by atoms with Crippen LogP contribution in [0.1, 0.15) is 31.6 Å². The van der Waals surface area contributed by atoms with Crippen LogP contribution in [-0.4, -0.2) is 67.3 Å². The van der Waals surface area contributed by atoms with E-state index in [9.17, 15) is 16.8 Å². The van der Waals surface area contributed by atoms with E-state index in [4.69, 9.17) is 4.42 Å². The summed E-state index contributed by atoms with van der Waals surface area (Å²) in [5.41, 5.74) is 4.60. The van der Waals surface area contributed by atoms with E-state index < -0.39 is 20.0 Å². The van der Waals surface area contributed by atoms with Gasteiger partial charge in [0.15, 0.2) is 0 Å². The molecule has 4 rings (SSSR count). The van der Waals surface area contributed by atoms with Gasteiger partial charge in [0.1, 0.15) is 5.76 Å². The molecule has 0 spiro atoms. The number of nitrogens with one attached hydrogen (secondary N) is 2. The average Bonchev–Trinajstić information content (AvgIpc) is 3.37. The van der Waals surface area contributed by atoms with Gasteiger partial charge in [-0.25, -0.2) is 26.3 Å². The van der Waals surface area contributed by atoms with Gasteiger partial charge in [-0.15, -0.1) is 0 Å². The molecule has 1 aromatic heterocycles. The van der Waals surface area contributed by atoms with Crippen molar-refractivity contribution in [3.05, 3.63) is 96.0 Å². The lowest BCUT2D eigenvalue weighted by Gasteiger charge is -2.23. The quantitative estimate of drug-likeness (QED) is 0.294. The number of hydrogen-bond donors (Lipinski definition) is 2. The fourth-order valence-electron chi connectivity index (χ4n) is 4.79. The summed E-state index contributed by atoms with van der Waals surface area (Å²) in [7, 11) is -6.55. The molecule has 3 aromatic rings. The molecule has 1 atom stereocenters. The van der Waals surface area contributed by atoms with Crippen LogP contribution in [0.25, 0.3) is 16.3 Å². The van der Waals surface area contributed by atoms with E-state index in [0.717, 1.165) is 63.7 Å². The van der Waals surface area contributed by atoms with E-state index in [1.165, 1.54) is 0 Å². The summed E-state index contributed by atoms with van der Waals surface area (Å²) in [4.78, 5) is 6.73. The van der Waals surface area contributed by atoms with Crippen LogP contribution in [0.4, 0.5) is 5.69 Å². The fraction of sp³-hybridized carbons (Fsp3) is 0.323. The summed E-state index contributed by atoms with van der Waals surface area (Å²) in [5, 5.41) is 2.01. The first-order valence-electron chi connectivity index (χ1n) is 13.9. The van der Waals surface area contributed by atoms with Crippen molar-refractivity contribution in [1.29, 1.82) is 0 Å². The van der Waals surface area contributed by atoms with E-state index in [1.54, 1.807) is 6.26 Å². The van der Waals surface area contributed by atoms with Crippen molar-refractivity contribution in [2.45, 2.75) is 26.3 Å². The summed E-state index contributed by atoms with van der Waals surface area (Å²) < 4.78 is 57.5. The van der Waals surface area contributed by atoms with Gasteiger partial charge in [-0.3, -0.25) is 4.99 Å². The van der Waals surface area contributed by atoms with E-state index in [-0.39, 0.29) is 6.04 Å². The highest BCUT2D eigenvalue weighted by Gasteiger charge is 2.18. The molecule has 2 aromatic carbocycles. The number of fused-ring (bicyclic) bond motifs is 1. The third-order valence-electron chi connectivity index (χ3n) is 6.91. The summed E-state index contributed by atoms with van der Waals surface area (Å²) >= 11 is 0. The minimum Gasteiger partial charge on any atom is -0.463 e. The zero-order valence-corrected chi connectivity index (χ0v) is 26.0. The second kappa shape index (κ2) is 13.6. The molecule has 1 aliphatic rings. The molecule has 224 valence electrons. The van der Waals surface area contributed by atoms with Gasteiger partial charge in [-0.2, -0.15) is 0 Å². The third-order valence-corrected chi connectivity index (χ3v) is 8.40.